The number of carbonyl (C=O) groups is 2. The highest BCUT2D eigenvalue weighted by atomic mass is 16.2. The van der Waals surface area contributed by atoms with E-state index in [0.717, 1.165) is 12.8 Å². The van der Waals surface area contributed by atoms with Crippen LogP contribution in [0.2, 0.25) is 0 Å². The molecule has 2 amide bonds. The van der Waals surface area contributed by atoms with E-state index in [1.165, 1.54) is 0 Å². The maximum Gasteiger partial charge on any atom is 0.235 e. The van der Waals surface area contributed by atoms with E-state index in [0.29, 0.717) is 13.1 Å². The summed E-state index contributed by atoms with van der Waals surface area (Å²) in [5.74, 6) is -0.510. The van der Waals surface area contributed by atoms with Crippen LogP contribution in [-0.2, 0) is 9.59 Å². The summed E-state index contributed by atoms with van der Waals surface area (Å²) in [5, 5.41) is 5.38. The van der Waals surface area contributed by atoms with E-state index < -0.39 is 5.41 Å². The van der Waals surface area contributed by atoms with Crippen LogP contribution in [0, 0.1) is 5.41 Å². The molecule has 0 aromatic rings. The highest BCUT2D eigenvalue weighted by molar-refractivity contribution is 6.04. The predicted molar refractivity (Wildman–Crippen MR) is 64.9 cm³/mol. The van der Waals surface area contributed by atoms with E-state index in [9.17, 15) is 9.59 Å². The summed E-state index contributed by atoms with van der Waals surface area (Å²) in [4.78, 5) is 23.4. The molecule has 0 atom stereocenters. The predicted octanol–water partition coefficient (Wildman–Crippen LogP) is 1.23. The molecule has 0 spiro atoms. The SMILES string of the molecule is C=CCNC(=O)C(C)(C)C(=O)NCCCC. The van der Waals surface area contributed by atoms with Crippen molar-refractivity contribution in [2.75, 3.05) is 13.1 Å². The van der Waals surface area contributed by atoms with Gasteiger partial charge in [-0.3, -0.25) is 9.59 Å². The zero-order valence-electron chi connectivity index (χ0n) is 10.4. The standard InChI is InChI=1S/C12H22N2O2/c1-5-7-9-14-11(16)12(3,4)10(15)13-8-6-2/h6H,2,5,7-9H2,1,3-4H3,(H,13,15)(H,14,16). The smallest absolute Gasteiger partial charge is 0.235 e. The van der Waals surface area contributed by atoms with Gasteiger partial charge in [0, 0.05) is 13.1 Å². The maximum atomic E-state index is 11.7. The number of nitrogens with one attached hydrogen (secondary N) is 2. The van der Waals surface area contributed by atoms with Gasteiger partial charge in [0.25, 0.3) is 0 Å². The Kier molecular flexibility index (Phi) is 6.46. The summed E-state index contributed by atoms with van der Waals surface area (Å²) in [5.41, 5.74) is -1.03. The number of hydrogen-bond donors (Lipinski definition) is 2. The monoisotopic (exact) mass is 226 g/mol. The Hall–Kier alpha value is -1.32. The van der Waals surface area contributed by atoms with Gasteiger partial charge in [0.15, 0.2) is 0 Å². The molecule has 0 aromatic heterocycles. The molecule has 2 N–H and O–H groups in total. The molecule has 0 saturated heterocycles. The Morgan fingerprint density at radius 1 is 1.25 bits per heavy atom. The van der Waals surface area contributed by atoms with Crippen molar-refractivity contribution in [1.29, 1.82) is 0 Å². The first-order valence-electron chi connectivity index (χ1n) is 5.64. The molecule has 0 heterocycles. The van der Waals surface area contributed by atoms with Gasteiger partial charge in [0.1, 0.15) is 5.41 Å². The van der Waals surface area contributed by atoms with Crippen LogP contribution in [0.25, 0.3) is 0 Å². The number of unbranched alkanes of at least 4 members (excludes halogenated alkanes) is 1. The van der Waals surface area contributed by atoms with Crippen molar-refractivity contribution in [3.05, 3.63) is 12.7 Å². The molecule has 0 fully saturated rings. The molecule has 16 heavy (non-hydrogen) atoms. The lowest BCUT2D eigenvalue weighted by molar-refractivity contribution is -0.141. The lowest BCUT2D eigenvalue weighted by Gasteiger charge is -2.22. The number of rotatable bonds is 7. The van der Waals surface area contributed by atoms with E-state index >= 15 is 0 Å². The molecule has 0 bridgehead atoms. The minimum Gasteiger partial charge on any atom is -0.355 e. The fourth-order valence-electron chi connectivity index (χ4n) is 1.09. The van der Waals surface area contributed by atoms with Crippen molar-refractivity contribution in [3.8, 4) is 0 Å². The number of carbonyl (C=O) groups excluding carboxylic acids is 2. The normalized spacial score (nSPS) is 10.7. The van der Waals surface area contributed by atoms with E-state index in [1.54, 1.807) is 19.9 Å². The molecule has 0 saturated carbocycles. The van der Waals surface area contributed by atoms with Crippen LogP contribution in [0.5, 0.6) is 0 Å². The van der Waals surface area contributed by atoms with Gasteiger partial charge < -0.3 is 10.6 Å². The van der Waals surface area contributed by atoms with Crippen LogP contribution in [0.1, 0.15) is 33.6 Å². The van der Waals surface area contributed by atoms with Crippen LogP contribution in [0.15, 0.2) is 12.7 Å². The second-order valence-corrected chi connectivity index (χ2v) is 4.23. The van der Waals surface area contributed by atoms with Crippen molar-refractivity contribution in [1.82, 2.24) is 10.6 Å². The van der Waals surface area contributed by atoms with Gasteiger partial charge >= 0.3 is 0 Å². The van der Waals surface area contributed by atoms with Crippen molar-refractivity contribution in [2.24, 2.45) is 5.41 Å². The van der Waals surface area contributed by atoms with E-state index in [4.69, 9.17) is 0 Å². The Labute approximate surface area is 97.5 Å². The molecule has 0 rings (SSSR count). The summed E-state index contributed by atoms with van der Waals surface area (Å²) < 4.78 is 0. The van der Waals surface area contributed by atoms with Gasteiger partial charge in [0.2, 0.25) is 11.8 Å². The molecule has 4 heteroatoms. The molecule has 0 unspecified atom stereocenters. The molecule has 0 aliphatic carbocycles. The lowest BCUT2D eigenvalue weighted by Crippen LogP contribution is -2.48. The Bertz CT molecular complexity index is 260. The van der Waals surface area contributed by atoms with Gasteiger partial charge in [-0.05, 0) is 20.3 Å². The Balaban J connectivity index is 4.22. The number of hydrogen-bond acceptors (Lipinski definition) is 2. The molecule has 0 aliphatic heterocycles. The summed E-state index contributed by atoms with van der Waals surface area (Å²) >= 11 is 0. The van der Waals surface area contributed by atoms with Crippen LogP contribution < -0.4 is 10.6 Å². The first kappa shape index (κ1) is 14.7. The number of amides is 2. The average Bonchev–Trinajstić information content (AvgIpc) is 2.25. The van der Waals surface area contributed by atoms with Crippen molar-refractivity contribution in [3.63, 3.8) is 0 Å². The summed E-state index contributed by atoms with van der Waals surface area (Å²) in [6.07, 6.45) is 3.53. The second-order valence-electron chi connectivity index (χ2n) is 4.23. The molecule has 0 aromatic carbocycles. The Morgan fingerprint density at radius 3 is 2.31 bits per heavy atom. The van der Waals surface area contributed by atoms with Gasteiger partial charge in [-0.1, -0.05) is 19.4 Å². The van der Waals surface area contributed by atoms with Crippen molar-refractivity contribution in [2.45, 2.75) is 33.6 Å². The van der Waals surface area contributed by atoms with Crippen LogP contribution in [-0.4, -0.2) is 24.9 Å². The first-order chi connectivity index (χ1) is 7.46. The molecule has 0 radical (unpaired) electrons. The average molecular weight is 226 g/mol. The molecule has 0 aliphatic rings. The summed E-state index contributed by atoms with van der Waals surface area (Å²) in [7, 11) is 0. The zero-order valence-corrected chi connectivity index (χ0v) is 10.4. The fraction of sp³-hybridized carbons (Fsp3) is 0.667. The third-order valence-electron chi connectivity index (χ3n) is 2.36. The third-order valence-corrected chi connectivity index (χ3v) is 2.36. The largest absolute Gasteiger partial charge is 0.355 e. The van der Waals surface area contributed by atoms with Gasteiger partial charge in [-0.25, -0.2) is 0 Å². The minimum atomic E-state index is -1.03. The highest BCUT2D eigenvalue weighted by Crippen LogP contribution is 2.15. The first-order valence-corrected chi connectivity index (χ1v) is 5.64. The van der Waals surface area contributed by atoms with Gasteiger partial charge in [-0.2, -0.15) is 0 Å². The highest BCUT2D eigenvalue weighted by Gasteiger charge is 2.35. The summed E-state index contributed by atoms with van der Waals surface area (Å²) in [6.45, 7) is 9.79. The topological polar surface area (TPSA) is 58.2 Å². The van der Waals surface area contributed by atoms with Crippen LogP contribution >= 0.6 is 0 Å². The molecule has 4 nitrogen and oxygen atoms in total. The van der Waals surface area contributed by atoms with E-state index in [2.05, 4.69) is 17.2 Å². The molecular weight excluding hydrogens is 204 g/mol. The second kappa shape index (κ2) is 7.04. The van der Waals surface area contributed by atoms with Crippen molar-refractivity contribution < 1.29 is 9.59 Å². The summed E-state index contributed by atoms with van der Waals surface area (Å²) in [6, 6.07) is 0. The quantitative estimate of drug-likeness (QED) is 0.390. The Morgan fingerprint density at radius 2 is 1.81 bits per heavy atom. The zero-order chi connectivity index (χ0) is 12.6. The lowest BCUT2D eigenvalue weighted by atomic mass is 9.91. The van der Waals surface area contributed by atoms with Crippen molar-refractivity contribution >= 4 is 11.8 Å². The van der Waals surface area contributed by atoms with Gasteiger partial charge in [0.05, 0.1) is 0 Å². The van der Waals surface area contributed by atoms with Crippen LogP contribution in [0.3, 0.4) is 0 Å². The molecule has 92 valence electrons. The minimum absolute atomic E-state index is 0.234. The van der Waals surface area contributed by atoms with Gasteiger partial charge in [-0.15, -0.1) is 6.58 Å². The van der Waals surface area contributed by atoms with E-state index in [-0.39, 0.29) is 11.8 Å². The third kappa shape index (κ3) is 4.47. The van der Waals surface area contributed by atoms with E-state index in [1.807, 2.05) is 6.92 Å². The molecular formula is C12H22N2O2. The maximum absolute atomic E-state index is 11.7. The fourth-order valence-corrected chi connectivity index (χ4v) is 1.09. The van der Waals surface area contributed by atoms with Crippen LogP contribution in [0.4, 0.5) is 0 Å².